The van der Waals surface area contributed by atoms with Crippen LogP contribution in [0.5, 0.6) is 0 Å². The molecule has 3 rings (SSSR count). The molecule has 0 spiro atoms. The zero-order chi connectivity index (χ0) is 19.4. The average Bonchev–Trinajstić information content (AvgIpc) is 3.14. The number of β-lactam (4-membered cyclic amide) rings is 1. The Bertz CT molecular complexity index is 783. The summed E-state index contributed by atoms with van der Waals surface area (Å²) in [4.78, 5) is 38.8. The number of nitrogens with one attached hydrogen (secondary N) is 1. The maximum absolute atomic E-state index is 15.2. The first kappa shape index (κ1) is 19.1. The molecule has 2 fully saturated rings. The fraction of sp³-hybridized carbons (Fsp3) is 0.562. The molecule has 0 radical (unpaired) electrons. The van der Waals surface area contributed by atoms with Crippen LogP contribution in [0.4, 0.5) is 4.39 Å². The van der Waals surface area contributed by atoms with Crippen molar-refractivity contribution < 1.29 is 23.9 Å². The van der Waals surface area contributed by atoms with Gasteiger partial charge >= 0.3 is 5.97 Å². The van der Waals surface area contributed by atoms with Gasteiger partial charge in [0.2, 0.25) is 5.91 Å². The fourth-order valence-corrected chi connectivity index (χ4v) is 5.80. The summed E-state index contributed by atoms with van der Waals surface area (Å²) < 4.78 is 14.4. The van der Waals surface area contributed by atoms with E-state index in [1.807, 2.05) is 13.0 Å². The topological polar surface area (TPSA) is 113 Å². The highest BCUT2D eigenvalue weighted by atomic mass is 32.2. The summed E-state index contributed by atoms with van der Waals surface area (Å²) in [7, 11) is 0. The molecule has 142 valence electrons. The summed E-state index contributed by atoms with van der Waals surface area (Å²) in [6, 6.07) is 1.32. The lowest BCUT2D eigenvalue weighted by atomic mass is 9.94. The molecule has 1 aromatic rings. The Morgan fingerprint density at radius 2 is 2.12 bits per heavy atom. The molecular weight excluding hydrogens is 381 g/mol. The molecule has 2 aliphatic rings. The summed E-state index contributed by atoms with van der Waals surface area (Å²) in [6.07, 6.45) is 0.796. The van der Waals surface area contributed by atoms with E-state index in [0.29, 0.717) is 4.88 Å². The van der Waals surface area contributed by atoms with E-state index in [2.05, 4.69) is 5.32 Å². The quantitative estimate of drug-likeness (QED) is 0.505. The van der Waals surface area contributed by atoms with Gasteiger partial charge in [-0.2, -0.15) is 0 Å². The number of rotatable bonds is 5. The number of carboxylic acids is 1. The first-order chi connectivity index (χ1) is 12.0. The molecule has 1 aromatic heterocycles. The van der Waals surface area contributed by atoms with E-state index in [1.165, 1.54) is 11.3 Å². The fourth-order valence-electron chi connectivity index (χ4n) is 3.27. The lowest BCUT2D eigenvalue weighted by molar-refractivity contribution is -0.182. The largest absolute Gasteiger partial charge is 0.480 e. The van der Waals surface area contributed by atoms with Gasteiger partial charge in [0.25, 0.3) is 11.7 Å². The summed E-state index contributed by atoms with van der Waals surface area (Å²) in [5.74, 6) is -5.70. The van der Waals surface area contributed by atoms with Crippen LogP contribution in [0.25, 0.3) is 0 Å². The highest BCUT2D eigenvalue weighted by Crippen LogP contribution is 2.55. The lowest BCUT2D eigenvalue weighted by Crippen LogP contribution is -2.77. The molecular formula is C16H20FN3O4S2. The van der Waals surface area contributed by atoms with Gasteiger partial charge in [0.15, 0.2) is 0 Å². The van der Waals surface area contributed by atoms with Crippen LogP contribution in [0, 0.1) is 0 Å². The number of thiophene rings is 1. The molecule has 2 aliphatic heterocycles. The summed E-state index contributed by atoms with van der Waals surface area (Å²) in [5, 5.41) is 10.4. The maximum atomic E-state index is 15.2. The molecule has 2 unspecified atom stereocenters. The number of nitrogens with zero attached hydrogens (tertiary/aromatic N) is 1. The van der Waals surface area contributed by atoms with Crippen molar-refractivity contribution in [1.82, 2.24) is 10.2 Å². The average molecular weight is 401 g/mol. The first-order valence-electron chi connectivity index (χ1n) is 8.11. The monoisotopic (exact) mass is 401 g/mol. The maximum Gasteiger partial charge on any atom is 0.327 e. The second-order valence-electron chi connectivity index (χ2n) is 6.86. The Labute approximate surface area is 158 Å². The Kier molecular flexibility index (Phi) is 4.56. The van der Waals surface area contributed by atoms with Crippen molar-refractivity contribution >= 4 is 40.9 Å². The van der Waals surface area contributed by atoms with Crippen LogP contribution in [0.1, 0.15) is 36.6 Å². The van der Waals surface area contributed by atoms with Crippen molar-refractivity contribution in [3.8, 4) is 0 Å². The molecule has 3 heterocycles. The number of hydrogen-bond acceptors (Lipinski definition) is 6. The van der Waals surface area contributed by atoms with Gasteiger partial charge in [-0.1, -0.05) is 6.92 Å². The van der Waals surface area contributed by atoms with E-state index in [9.17, 15) is 19.5 Å². The molecule has 7 nitrogen and oxygen atoms in total. The lowest BCUT2D eigenvalue weighted by Gasteiger charge is -2.47. The molecule has 2 saturated heterocycles. The molecule has 4 atom stereocenters. The number of halogens is 1. The number of aliphatic carboxylic acids is 1. The number of aryl methyl sites for hydroxylation is 1. The molecule has 0 aliphatic carbocycles. The van der Waals surface area contributed by atoms with Crippen LogP contribution < -0.4 is 11.1 Å². The van der Waals surface area contributed by atoms with E-state index in [0.717, 1.165) is 28.0 Å². The number of nitrogens with two attached hydrogens (primary N) is 1. The van der Waals surface area contributed by atoms with E-state index in [1.54, 1.807) is 19.9 Å². The number of amides is 2. The van der Waals surface area contributed by atoms with Crippen molar-refractivity contribution in [1.29, 1.82) is 0 Å². The summed E-state index contributed by atoms with van der Waals surface area (Å²) >= 11 is 2.38. The normalized spacial score (nSPS) is 30.5. The van der Waals surface area contributed by atoms with Crippen molar-refractivity contribution in [3.05, 3.63) is 21.9 Å². The number of thioether (sulfide) groups is 1. The molecule has 0 bridgehead atoms. The Morgan fingerprint density at radius 1 is 1.46 bits per heavy atom. The smallest absolute Gasteiger partial charge is 0.327 e. The predicted molar refractivity (Wildman–Crippen MR) is 96.3 cm³/mol. The van der Waals surface area contributed by atoms with Gasteiger partial charge in [-0.15, -0.1) is 23.1 Å². The molecule has 10 heteroatoms. The highest BCUT2D eigenvalue weighted by molar-refractivity contribution is 8.01. The van der Waals surface area contributed by atoms with Crippen LogP contribution in [0.2, 0.25) is 0 Å². The van der Waals surface area contributed by atoms with Gasteiger partial charge in [0.05, 0.1) is 0 Å². The van der Waals surface area contributed by atoms with Gasteiger partial charge in [0.1, 0.15) is 17.5 Å². The third kappa shape index (κ3) is 2.71. The van der Waals surface area contributed by atoms with Crippen molar-refractivity contribution in [3.63, 3.8) is 0 Å². The second kappa shape index (κ2) is 6.21. The van der Waals surface area contributed by atoms with Crippen LogP contribution in [-0.2, 0) is 20.8 Å². The SMILES string of the molecule is CCc1ccc(C(N)C(=O)NC2(F)C(=O)N3[C@@H](C(=O)O)C(C)(C)S[C@@H]32)s1. The van der Waals surface area contributed by atoms with Crippen LogP contribution >= 0.6 is 23.1 Å². The van der Waals surface area contributed by atoms with Gasteiger partial charge < -0.3 is 21.1 Å². The van der Waals surface area contributed by atoms with Gasteiger partial charge in [-0.3, -0.25) is 9.59 Å². The summed E-state index contributed by atoms with van der Waals surface area (Å²) in [5.41, 5.74) is 5.91. The Balaban J connectivity index is 1.77. The van der Waals surface area contributed by atoms with Crippen molar-refractivity contribution in [2.45, 2.75) is 55.2 Å². The number of carbonyl (C=O) groups is 3. The molecule has 2 amide bonds. The number of hydrogen-bond donors (Lipinski definition) is 3. The van der Waals surface area contributed by atoms with Crippen LogP contribution in [-0.4, -0.2) is 49.7 Å². The van der Waals surface area contributed by atoms with Gasteiger partial charge in [-0.25, -0.2) is 9.18 Å². The molecule has 0 saturated carbocycles. The van der Waals surface area contributed by atoms with Crippen molar-refractivity contribution in [2.24, 2.45) is 5.73 Å². The van der Waals surface area contributed by atoms with E-state index >= 15 is 4.39 Å². The van der Waals surface area contributed by atoms with Gasteiger partial charge in [0, 0.05) is 14.5 Å². The highest BCUT2D eigenvalue weighted by Gasteiger charge is 2.73. The zero-order valence-corrected chi connectivity index (χ0v) is 16.1. The first-order valence-corrected chi connectivity index (χ1v) is 9.81. The Hall–Kier alpha value is -1.65. The third-order valence-electron chi connectivity index (χ3n) is 4.65. The number of carboxylic acid groups (broad SMARTS) is 1. The summed E-state index contributed by atoms with van der Waals surface area (Å²) in [6.45, 7) is 5.24. The minimum Gasteiger partial charge on any atom is -0.480 e. The molecule has 0 aromatic carbocycles. The minimum atomic E-state index is -2.65. The van der Waals surface area contributed by atoms with Crippen LogP contribution in [0.3, 0.4) is 0 Å². The van der Waals surface area contributed by atoms with Crippen molar-refractivity contribution in [2.75, 3.05) is 0 Å². The molecule has 26 heavy (non-hydrogen) atoms. The minimum absolute atomic E-state index is 0.578. The zero-order valence-electron chi connectivity index (χ0n) is 14.5. The molecule has 4 N–H and O–H groups in total. The second-order valence-corrected chi connectivity index (χ2v) is 9.80. The van der Waals surface area contributed by atoms with Crippen LogP contribution in [0.15, 0.2) is 12.1 Å². The number of fused-ring (bicyclic) bond motifs is 1. The standard InChI is InChI=1S/C16H20FN3O4S2/c1-4-7-5-6-8(25-7)9(18)11(21)19-16(17)13(24)20-10(12(22)23)15(2,3)26-14(16)20/h5-6,9-10,14H,4,18H2,1-3H3,(H,19,21)(H,22,23)/t9?,10-,14+,16?/m0/s1. The van der Waals surface area contributed by atoms with E-state index in [-0.39, 0.29) is 0 Å². The van der Waals surface area contributed by atoms with Gasteiger partial charge in [-0.05, 0) is 32.4 Å². The number of alkyl halides is 1. The van der Waals surface area contributed by atoms with E-state index in [4.69, 9.17) is 5.73 Å². The number of carbonyl (C=O) groups excluding carboxylic acids is 2. The predicted octanol–water partition coefficient (Wildman–Crippen LogP) is 1.24. The Morgan fingerprint density at radius 3 is 2.65 bits per heavy atom. The third-order valence-corrected chi connectivity index (χ3v) is 7.57. The van der Waals surface area contributed by atoms with E-state index < -0.39 is 45.8 Å².